The van der Waals surface area contributed by atoms with Crippen LogP contribution in [-0.2, 0) is 9.53 Å². The van der Waals surface area contributed by atoms with Gasteiger partial charge in [0, 0.05) is 6.08 Å². The second kappa shape index (κ2) is 24.2. The highest BCUT2D eigenvalue weighted by molar-refractivity contribution is 5.81. The standard InChI is InChI=1S/C26H50O2/c1-3-5-6-7-8-9-10-11-12-13-14-15-16-17-18-19-20-21-22-23-24-25-28-26(27)4-2/h4H,2-3,5-25H2,1H3. The fourth-order valence-corrected chi connectivity index (χ4v) is 3.77. The summed E-state index contributed by atoms with van der Waals surface area (Å²) < 4.78 is 4.97. The van der Waals surface area contributed by atoms with E-state index in [1.807, 2.05) is 0 Å². The summed E-state index contributed by atoms with van der Waals surface area (Å²) in [4.78, 5) is 10.9. The van der Waals surface area contributed by atoms with Crippen molar-refractivity contribution in [1.29, 1.82) is 0 Å². The van der Waals surface area contributed by atoms with Crippen molar-refractivity contribution in [2.45, 2.75) is 142 Å². The summed E-state index contributed by atoms with van der Waals surface area (Å²) in [6, 6.07) is 0. The van der Waals surface area contributed by atoms with Crippen LogP contribution in [-0.4, -0.2) is 12.6 Å². The lowest BCUT2D eigenvalue weighted by molar-refractivity contribution is -0.137. The number of rotatable bonds is 23. The predicted octanol–water partition coefficient (Wildman–Crippen LogP) is 8.93. The third-order valence-corrected chi connectivity index (χ3v) is 5.66. The number of carbonyl (C=O) groups excluding carboxylic acids is 1. The molecule has 0 saturated carbocycles. The Morgan fingerprint density at radius 2 is 0.857 bits per heavy atom. The van der Waals surface area contributed by atoms with Gasteiger partial charge >= 0.3 is 5.97 Å². The lowest BCUT2D eigenvalue weighted by Crippen LogP contribution is -2.01. The summed E-state index contributed by atoms with van der Waals surface area (Å²) in [5.41, 5.74) is 0. The summed E-state index contributed by atoms with van der Waals surface area (Å²) in [6.07, 6.45) is 30.4. The molecule has 2 heteroatoms. The molecule has 0 amide bonds. The van der Waals surface area contributed by atoms with Gasteiger partial charge in [-0.2, -0.15) is 0 Å². The third kappa shape index (κ3) is 23.2. The highest BCUT2D eigenvalue weighted by atomic mass is 16.5. The third-order valence-electron chi connectivity index (χ3n) is 5.66. The molecular weight excluding hydrogens is 344 g/mol. The second-order valence-electron chi connectivity index (χ2n) is 8.44. The minimum atomic E-state index is -0.298. The van der Waals surface area contributed by atoms with Crippen LogP contribution < -0.4 is 0 Å². The van der Waals surface area contributed by atoms with Gasteiger partial charge in [0.15, 0.2) is 0 Å². The van der Waals surface area contributed by atoms with Gasteiger partial charge in [-0.15, -0.1) is 0 Å². The Morgan fingerprint density at radius 3 is 1.14 bits per heavy atom. The highest BCUT2D eigenvalue weighted by Crippen LogP contribution is 2.15. The molecule has 0 atom stereocenters. The molecule has 0 aromatic heterocycles. The summed E-state index contributed by atoms with van der Waals surface area (Å²) in [5.74, 6) is -0.298. The quantitative estimate of drug-likeness (QED) is 0.0981. The highest BCUT2D eigenvalue weighted by Gasteiger charge is 1.97. The van der Waals surface area contributed by atoms with E-state index >= 15 is 0 Å². The summed E-state index contributed by atoms with van der Waals surface area (Å²) in [5, 5.41) is 0. The van der Waals surface area contributed by atoms with E-state index in [1.54, 1.807) is 0 Å². The Hall–Kier alpha value is -0.790. The van der Waals surface area contributed by atoms with Crippen molar-refractivity contribution >= 4 is 5.97 Å². The Kier molecular flexibility index (Phi) is 23.6. The molecule has 0 N–H and O–H groups in total. The summed E-state index contributed by atoms with van der Waals surface area (Å²) in [6.45, 7) is 6.23. The second-order valence-corrected chi connectivity index (χ2v) is 8.44. The van der Waals surface area contributed by atoms with Crippen molar-refractivity contribution in [2.75, 3.05) is 6.61 Å². The van der Waals surface area contributed by atoms with Crippen LogP contribution in [0.1, 0.15) is 142 Å². The zero-order chi connectivity index (χ0) is 20.5. The Bertz CT molecular complexity index is 324. The molecule has 0 heterocycles. The summed E-state index contributed by atoms with van der Waals surface area (Å²) >= 11 is 0. The maximum absolute atomic E-state index is 10.9. The van der Waals surface area contributed by atoms with Crippen molar-refractivity contribution in [2.24, 2.45) is 0 Å². The zero-order valence-corrected chi connectivity index (χ0v) is 19.2. The average molecular weight is 395 g/mol. The Morgan fingerprint density at radius 1 is 0.571 bits per heavy atom. The van der Waals surface area contributed by atoms with E-state index in [0.717, 1.165) is 6.42 Å². The first-order valence-corrected chi connectivity index (χ1v) is 12.6. The van der Waals surface area contributed by atoms with Crippen LogP contribution in [0, 0.1) is 0 Å². The van der Waals surface area contributed by atoms with Crippen molar-refractivity contribution in [3.8, 4) is 0 Å². The number of ether oxygens (including phenoxy) is 1. The maximum Gasteiger partial charge on any atom is 0.330 e. The number of esters is 1. The van der Waals surface area contributed by atoms with Gasteiger partial charge in [-0.25, -0.2) is 4.79 Å². The summed E-state index contributed by atoms with van der Waals surface area (Å²) in [7, 11) is 0. The molecule has 0 bridgehead atoms. The molecule has 0 rings (SSSR count). The van der Waals surface area contributed by atoms with Crippen LogP contribution in [0.2, 0.25) is 0 Å². The SMILES string of the molecule is C=CC(=O)OCCCCCCCCCCCCCCCCCCCCCCC. The molecule has 166 valence electrons. The van der Waals surface area contributed by atoms with Crippen molar-refractivity contribution in [1.82, 2.24) is 0 Å². The molecule has 0 fully saturated rings. The first-order chi connectivity index (χ1) is 13.8. The van der Waals surface area contributed by atoms with Gasteiger partial charge in [0.2, 0.25) is 0 Å². The van der Waals surface area contributed by atoms with Gasteiger partial charge in [0.1, 0.15) is 0 Å². The van der Waals surface area contributed by atoms with E-state index in [1.165, 1.54) is 134 Å². The molecular formula is C26H50O2. The maximum atomic E-state index is 10.9. The normalized spacial score (nSPS) is 10.9. The molecule has 0 radical (unpaired) electrons. The molecule has 0 aliphatic heterocycles. The van der Waals surface area contributed by atoms with Crippen molar-refractivity contribution in [3.05, 3.63) is 12.7 Å². The van der Waals surface area contributed by atoms with E-state index in [-0.39, 0.29) is 5.97 Å². The largest absolute Gasteiger partial charge is 0.463 e. The number of unbranched alkanes of at least 4 members (excludes halogenated alkanes) is 20. The minimum absolute atomic E-state index is 0.298. The van der Waals surface area contributed by atoms with E-state index < -0.39 is 0 Å². The minimum Gasteiger partial charge on any atom is -0.463 e. The number of carbonyl (C=O) groups is 1. The van der Waals surface area contributed by atoms with Crippen LogP contribution in [0.3, 0.4) is 0 Å². The molecule has 0 aliphatic carbocycles. The first-order valence-electron chi connectivity index (χ1n) is 12.6. The van der Waals surface area contributed by atoms with Gasteiger partial charge in [0.05, 0.1) is 6.61 Å². The van der Waals surface area contributed by atoms with Crippen LogP contribution in [0.15, 0.2) is 12.7 Å². The van der Waals surface area contributed by atoms with E-state index in [0.29, 0.717) is 6.61 Å². The van der Waals surface area contributed by atoms with Gasteiger partial charge in [-0.1, -0.05) is 142 Å². The lowest BCUT2D eigenvalue weighted by atomic mass is 10.0. The van der Waals surface area contributed by atoms with Crippen LogP contribution in [0.4, 0.5) is 0 Å². The molecule has 0 aromatic rings. The van der Waals surface area contributed by atoms with E-state index in [2.05, 4.69) is 13.5 Å². The average Bonchev–Trinajstić information content (AvgIpc) is 2.71. The Labute approximate surface area is 176 Å². The van der Waals surface area contributed by atoms with Gasteiger partial charge < -0.3 is 4.74 Å². The fraction of sp³-hybridized carbons (Fsp3) is 0.885. The monoisotopic (exact) mass is 394 g/mol. The molecule has 0 aliphatic rings. The fourth-order valence-electron chi connectivity index (χ4n) is 3.77. The zero-order valence-electron chi connectivity index (χ0n) is 19.2. The van der Waals surface area contributed by atoms with E-state index in [9.17, 15) is 4.79 Å². The first kappa shape index (κ1) is 27.2. The van der Waals surface area contributed by atoms with Gasteiger partial charge in [-0.05, 0) is 6.42 Å². The van der Waals surface area contributed by atoms with Crippen molar-refractivity contribution in [3.63, 3.8) is 0 Å². The molecule has 2 nitrogen and oxygen atoms in total. The molecule has 0 saturated heterocycles. The molecule has 0 unspecified atom stereocenters. The van der Waals surface area contributed by atoms with Gasteiger partial charge in [-0.3, -0.25) is 0 Å². The topological polar surface area (TPSA) is 26.3 Å². The van der Waals surface area contributed by atoms with Gasteiger partial charge in [0.25, 0.3) is 0 Å². The number of hydrogen-bond donors (Lipinski definition) is 0. The lowest BCUT2D eigenvalue weighted by Gasteiger charge is -2.04. The predicted molar refractivity (Wildman–Crippen MR) is 124 cm³/mol. The van der Waals surface area contributed by atoms with Crippen LogP contribution >= 0.6 is 0 Å². The smallest absolute Gasteiger partial charge is 0.330 e. The molecule has 28 heavy (non-hydrogen) atoms. The van der Waals surface area contributed by atoms with Crippen LogP contribution in [0.25, 0.3) is 0 Å². The molecule has 0 aromatic carbocycles. The molecule has 0 spiro atoms. The Balaban J connectivity index is 3.01. The number of hydrogen-bond acceptors (Lipinski definition) is 2. The van der Waals surface area contributed by atoms with E-state index in [4.69, 9.17) is 4.74 Å². The van der Waals surface area contributed by atoms with Crippen molar-refractivity contribution < 1.29 is 9.53 Å². The van der Waals surface area contributed by atoms with Crippen LogP contribution in [0.5, 0.6) is 0 Å².